The van der Waals surface area contributed by atoms with E-state index in [0.29, 0.717) is 0 Å². The lowest BCUT2D eigenvalue weighted by Crippen LogP contribution is -2.38. The molecule has 1 aliphatic heterocycles. The maximum absolute atomic E-state index is 12.6. The van der Waals surface area contributed by atoms with E-state index in [1.165, 1.54) is 5.56 Å². The van der Waals surface area contributed by atoms with Crippen LogP contribution in [0.3, 0.4) is 0 Å². The summed E-state index contributed by atoms with van der Waals surface area (Å²) in [4.78, 5) is 18.7. The molecule has 3 rings (SSSR count). The van der Waals surface area contributed by atoms with Gasteiger partial charge in [0.15, 0.2) is 5.82 Å². The van der Waals surface area contributed by atoms with Gasteiger partial charge in [-0.15, -0.1) is 0 Å². The molecule has 0 fully saturated rings. The number of rotatable bonds is 3. The molecule has 0 N–H and O–H groups in total. The van der Waals surface area contributed by atoms with Crippen LogP contribution >= 0.6 is 0 Å². The lowest BCUT2D eigenvalue weighted by atomic mass is 10.1. The van der Waals surface area contributed by atoms with Crippen LogP contribution in [-0.4, -0.2) is 26.7 Å². The minimum Gasteiger partial charge on any atom is -0.307 e. The molecule has 2 aromatic rings. The summed E-state index contributed by atoms with van der Waals surface area (Å²) in [6.07, 6.45) is 2.55. The summed E-state index contributed by atoms with van der Waals surface area (Å²) >= 11 is 0. The van der Waals surface area contributed by atoms with Crippen LogP contribution in [0.4, 0.5) is 5.69 Å². The van der Waals surface area contributed by atoms with Gasteiger partial charge >= 0.3 is 0 Å². The summed E-state index contributed by atoms with van der Waals surface area (Å²) in [6.45, 7) is 6.40. The highest BCUT2D eigenvalue weighted by Crippen LogP contribution is 2.31. The molecule has 0 saturated carbocycles. The minimum atomic E-state index is 0.0626. The molecule has 0 saturated heterocycles. The van der Waals surface area contributed by atoms with Crippen LogP contribution in [0.15, 0.2) is 30.6 Å². The van der Waals surface area contributed by atoms with Crippen molar-refractivity contribution in [1.82, 2.24) is 14.8 Å². The number of carbonyl (C=O) groups is 1. The molecule has 110 valence electrons. The van der Waals surface area contributed by atoms with Gasteiger partial charge in [0, 0.05) is 17.6 Å². The zero-order chi connectivity index (χ0) is 15.0. The van der Waals surface area contributed by atoms with Gasteiger partial charge in [0.1, 0.15) is 12.9 Å². The van der Waals surface area contributed by atoms with E-state index >= 15 is 0 Å². The SMILES string of the molecule is CC(C)c1ncn(CC(=O)N2c3ccccc3C[C@@H]2C)n1. The standard InChI is InChI=1S/C16H20N4O/c1-11(2)16-17-10-19(18-16)9-15(21)20-12(3)8-13-6-4-5-7-14(13)20/h4-7,10-12H,8-9H2,1-3H3/t12-/m0/s1. The highest BCUT2D eigenvalue weighted by Gasteiger charge is 2.30. The lowest BCUT2D eigenvalue weighted by Gasteiger charge is -2.22. The largest absolute Gasteiger partial charge is 0.307 e. The van der Waals surface area contributed by atoms with Gasteiger partial charge < -0.3 is 4.90 Å². The average Bonchev–Trinajstić information content (AvgIpc) is 3.01. The van der Waals surface area contributed by atoms with E-state index < -0.39 is 0 Å². The van der Waals surface area contributed by atoms with E-state index in [-0.39, 0.29) is 24.4 Å². The summed E-state index contributed by atoms with van der Waals surface area (Å²) in [6, 6.07) is 8.29. The molecule has 0 bridgehead atoms. The molecule has 5 heteroatoms. The maximum Gasteiger partial charge on any atom is 0.249 e. The molecular formula is C16H20N4O. The van der Waals surface area contributed by atoms with Gasteiger partial charge in [-0.05, 0) is 25.0 Å². The maximum atomic E-state index is 12.6. The number of aromatic nitrogens is 3. The number of anilines is 1. The van der Waals surface area contributed by atoms with E-state index in [0.717, 1.165) is 17.9 Å². The third-order valence-corrected chi connectivity index (χ3v) is 3.84. The monoisotopic (exact) mass is 284 g/mol. The number of fused-ring (bicyclic) bond motifs is 1. The van der Waals surface area contributed by atoms with E-state index in [2.05, 4.69) is 23.1 Å². The van der Waals surface area contributed by atoms with Gasteiger partial charge in [-0.25, -0.2) is 9.67 Å². The Morgan fingerprint density at radius 2 is 2.14 bits per heavy atom. The summed E-state index contributed by atoms with van der Waals surface area (Å²) in [5.41, 5.74) is 2.26. The fourth-order valence-corrected chi connectivity index (χ4v) is 2.81. The number of para-hydroxylation sites is 1. The summed E-state index contributed by atoms with van der Waals surface area (Å²) in [7, 11) is 0. The number of amides is 1. The highest BCUT2D eigenvalue weighted by atomic mass is 16.2. The molecule has 2 heterocycles. The van der Waals surface area contributed by atoms with E-state index in [4.69, 9.17) is 0 Å². The molecular weight excluding hydrogens is 264 g/mol. The van der Waals surface area contributed by atoms with Gasteiger partial charge in [-0.3, -0.25) is 4.79 Å². The number of carbonyl (C=O) groups excluding carboxylic acids is 1. The van der Waals surface area contributed by atoms with E-state index in [9.17, 15) is 4.79 Å². The third kappa shape index (κ3) is 2.55. The van der Waals surface area contributed by atoms with Gasteiger partial charge in [0.05, 0.1) is 0 Å². The number of benzene rings is 1. The molecule has 0 spiro atoms. The first-order valence-corrected chi connectivity index (χ1v) is 7.35. The number of hydrogen-bond donors (Lipinski definition) is 0. The summed E-state index contributed by atoms with van der Waals surface area (Å²) in [5, 5.41) is 4.36. The second kappa shape index (κ2) is 5.31. The Bertz CT molecular complexity index is 662. The fraction of sp³-hybridized carbons (Fsp3) is 0.438. The molecule has 1 amide bonds. The van der Waals surface area contributed by atoms with Gasteiger partial charge in [-0.2, -0.15) is 5.10 Å². The van der Waals surface area contributed by atoms with Crippen LogP contribution in [0, 0.1) is 0 Å². The van der Waals surface area contributed by atoms with Crippen LogP contribution in [-0.2, 0) is 17.8 Å². The predicted octanol–water partition coefficient (Wildman–Crippen LogP) is 2.38. The fourth-order valence-electron chi connectivity index (χ4n) is 2.81. The molecule has 1 aromatic heterocycles. The van der Waals surface area contributed by atoms with E-state index in [1.54, 1.807) is 11.0 Å². The van der Waals surface area contributed by atoms with Crippen LogP contribution in [0.2, 0.25) is 0 Å². The second-order valence-corrected chi connectivity index (χ2v) is 5.90. The quantitative estimate of drug-likeness (QED) is 0.869. The molecule has 0 radical (unpaired) electrons. The lowest BCUT2D eigenvalue weighted by molar-refractivity contribution is -0.119. The molecule has 1 aliphatic rings. The zero-order valence-electron chi connectivity index (χ0n) is 12.7. The van der Waals surface area contributed by atoms with Crippen molar-refractivity contribution in [3.05, 3.63) is 42.0 Å². The molecule has 1 atom stereocenters. The Labute approximate surface area is 124 Å². The van der Waals surface area contributed by atoms with E-state index in [1.807, 2.05) is 36.9 Å². The molecule has 21 heavy (non-hydrogen) atoms. The Hall–Kier alpha value is -2.17. The van der Waals surface area contributed by atoms with Crippen LogP contribution in [0.5, 0.6) is 0 Å². The first-order valence-electron chi connectivity index (χ1n) is 7.35. The molecule has 1 aromatic carbocycles. The van der Waals surface area contributed by atoms with Crippen LogP contribution < -0.4 is 4.90 Å². The van der Waals surface area contributed by atoms with Crippen LogP contribution in [0.25, 0.3) is 0 Å². The van der Waals surface area contributed by atoms with Crippen molar-refractivity contribution < 1.29 is 4.79 Å². The smallest absolute Gasteiger partial charge is 0.249 e. The third-order valence-electron chi connectivity index (χ3n) is 3.84. The van der Waals surface area contributed by atoms with Gasteiger partial charge in [0.25, 0.3) is 0 Å². The molecule has 5 nitrogen and oxygen atoms in total. The highest BCUT2D eigenvalue weighted by molar-refractivity contribution is 5.95. The van der Waals surface area contributed by atoms with Crippen molar-refractivity contribution in [2.45, 2.75) is 45.7 Å². The van der Waals surface area contributed by atoms with Gasteiger partial charge in [-0.1, -0.05) is 32.0 Å². The number of nitrogens with zero attached hydrogens (tertiary/aromatic N) is 4. The predicted molar refractivity (Wildman–Crippen MR) is 81.2 cm³/mol. The molecule has 0 unspecified atom stereocenters. The Kier molecular flexibility index (Phi) is 3.49. The summed E-state index contributed by atoms with van der Waals surface area (Å²) < 4.78 is 1.63. The van der Waals surface area contributed by atoms with Crippen molar-refractivity contribution in [2.75, 3.05) is 4.90 Å². The Balaban J connectivity index is 1.79. The van der Waals surface area contributed by atoms with Crippen molar-refractivity contribution in [3.8, 4) is 0 Å². The van der Waals surface area contributed by atoms with Crippen molar-refractivity contribution >= 4 is 11.6 Å². The Morgan fingerprint density at radius 3 is 2.86 bits per heavy atom. The molecule has 0 aliphatic carbocycles. The van der Waals surface area contributed by atoms with Crippen molar-refractivity contribution in [1.29, 1.82) is 0 Å². The zero-order valence-corrected chi connectivity index (χ0v) is 12.7. The normalized spacial score (nSPS) is 17.3. The first-order chi connectivity index (χ1) is 10.1. The second-order valence-electron chi connectivity index (χ2n) is 5.90. The van der Waals surface area contributed by atoms with Crippen molar-refractivity contribution in [3.63, 3.8) is 0 Å². The average molecular weight is 284 g/mol. The van der Waals surface area contributed by atoms with Gasteiger partial charge in [0.2, 0.25) is 5.91 Å². The van der Waals surface area contributed by atoms with Crippen molar-refractivity contribution in [2.24, 2.45) is 0 Å². The number of hydrogen-bond acceptors (Lipinski definition) is 3. The minimum absolute atomic E-state index is 0.0626. The topological polar surface area (TPSA) is 51.0 Å². The first kappa shape index (κ1) is 13.8. The van der Waals surface area contributed by atoms with Crippen LogP contribution in [0.1, 0.15) is 38.1 Å². The summed E-state index contributed by atoms with van der Waals surface area (Å²) in [5.74, 6) is 1.11. The Morgan fingerprint density at radius 1 is 1.38 bits per heavy atom.